The number of nitrogens with zero attached hydrogens (tertiary/aromatic N) is 1. The number of carbonyl (C=O) groups excluding carboxylic acids is 1. The topological polar surface area (TPSA) is 77.1 Å². The summed E-state index contributed by atoms with van der Waals surface area (Å²) >= 11 is 0. The number of hydrogen-bond donors (Lipinski definition) is 2. The van der Waals surface area contributed by atoms with Gasteiger partial charge >= 0.3 is 0 Å². The molecule has 0 radical (unpaired) electrons. The Morgan fingerprint density at radius 1 is 1.40 bits per heavy atom. The molecule has 0 aromatic carbocycles. The number of aromatic nitrogens is 1. The van der Waals surface area contributed by atoms with E-state index >= 15 is 0 Å². The van der Waals surface area contributed by atoms with Crippen LogP contribution in [0.4, 0.5) is 5.69 Å². The van der Waals surface area contributed by atoms with Crippen LogP contribution < -0.4 is 16.6 Å². The van der Waals surface area contributed by atoms with Crippen molar-refractivity contribution in [1.82, 2.24) is 4.57 Å². The van der Waals surface area contributed by atoms with Crippen molar-refractivity contribution in [2.24, 2.45) is 11.1 Å². The quantitative estimate of drug-likeness (QED) is 0.865. The van der Waals surface area contributed by atoms with Gasteiger partial charge in [-0.3, -0.25) is 9.59 Å². The molecular weight excluding hydrogens is 254 g/mol. The average molecular weight is 279 g/mol. The summed E-state index contributed by atoms with van der Waals surface area (Å²) in [5, 5.41) is 2.78. The highest BCUT2D eigenvalue weighted by Crippen LogP contribution is 2.21. The third-order valence-electron chi connectivity index (χ3n) is 2.93. The third kappa shape index (κ3) is 5.57. The Morgan fingerprint density at radius 2 is 2.05 bits per heavy atom. The van der Waals surface area contributed by atoms with Crippen molar-refractivity contribution in [3.8, 4) is 0 Å². The number of hydrogen-bond acceptors (Lipinski definition) is 3. The first-order valence-corrected chi connectivity index (χ1v) is 6.97. The van der Waals surface area contributed by atoms with Crippen molar-refractivity contribution in [1.29, 1.82) is 0 Å². The van der Waals surface area contributed by atoms with E-state index in [4.69, 9.17) is 5.73 Å². The maximum Gasteiger partial charge on any atom is 0.250 e. The Morgan fingerprint density at radius 3 is 2.60 bits per heavy atom. The lowest BCUT2D eigenvalue weighted by Gasteiger charge is -2.22. The smallest absolute Gasteiger partial charge is 0.250 e. The van der Waals surface area contributed by atoms with Crippen molar-refractivity contribution in [3.63, 3.8) is 0 Å². The lowest BCUT2D eigenvalue weighted by molar-refractivity contribution is -0.116. The van der Waals surface area contributed by atoms with Gasteiger partial charge in [0.15, 0.2) is 0 Å². The van der Waals surface area contributed by atoms with Crippen LogP contribution >= 0.6 is 0 Å². The van der Waals surface area contributed by atoms with Crippen LogP contribution in [0.1, 0.15) is 40.5 Å². The molecule has 0 aliphatic rings. The second-order valence-corrected chi connectivity index (χ2v) is 6.32. The Hall–Kier alpha value is -1.62. The van der Waals surface area contributed by atoms with Gasteiger partial charge in [0.2, 0.25) is 5.91 Å². The molecule has 5 heteroatoms. The molecule has 1 heterocycles. The predicted molar refractivity (Wildman–Crippen MR) is 81.7 cm³/mol. The first-order valence-electron chi connectivity index (χ1n) is 6.97. The van der Waals surface area contributed by atoms with E-state index in [0.717, 1.165) is 6.42 Å². The molecule has 0 aliphatic heterocycles. The van der Waals surface area contributed by atoms with E-state index in [9.17, 15) is 9.59 Å². The summed E-state index contributed by atoms with van der Waals surface area (Å²) in [6, 6.07) is 2.91. The van der Waals surface area contributed by atoms with E-state index in [2.05, 4.69) is 26.1 Å². The van der Waals surface area contributed by atoms with E-state index in [1.165, 1.54) is 6.07 Å². The molecule has 0 saturated carbocycles. The molecule has 0 aliphatic carbocycles. The van der Waals surface area contributed by atoms with Crippen LogP contribution in [0, 0.1) is 5.41 Å². The van der Waals surface area contributed by atoms with Gasteiger partial charge in [0.25, 0.3) is 5.56 Å². The highest BCUT2D eigenvalue weighted by Gasteiger charge is 2.18. The van der Waals surface area contributed by atoms with Crippen LogP contribution in [0.15, 0.2) is 23.1 Å². The second kappa shape index (κ2) is 6.70. The molecule has 3 N–H and O–H groups in total. The molecule has 5 nitrogen and oxygen atoms in total. The van der Waals surface area contributed by atoms with Crippen LogP contribution in [-0.4, -0.2) is 16.5 Å². The van der Waals surface area contributed by atoms with Crippen molar-refractivity contribution in [2.75, 3.05) is 5.32 Å². The van der Waals surface area contributed by atoms with Gasteiger partial charge in [0.1, 0.15) is 0 Å². The SMILES string of the molecule is CCn1cc(NC(=O)CC(N)CC(C)(C)C)ccc1=O. The molecule has 1 rings (SSSR count). The number of rotatable bonds is 5. The first kappa shape index (κ1) is 16.4. The van der Waals surface area contributed by atoms with Gasteiger partial charge in [0, 0.05) is 31.3 Å². The molecule has 1 aromatic rings. The Bertz CT molecular complexity index is 515. The van der Waals surface area contributed by atoms with E-state index in [-0.39, 0.29) is 29.3 Å². The van der Waals surface area contributed by atoms with Crippen LogP contribution in [0.2, 0.25) is 0 Å². The second-order valence-electron chi connectivity index (χ2n) is 6.32. The molecule has 112 valence electrons. The maximum absolute atomic E-state index is 11.9. The number of pyridine rings is 1. The Kier molecular flexibility index (Phi) is 5.51. The maximum atomic E-state index is 11.9. The summed E-state index contributed by atoms with van der Waals surface area (Å²) in [6.07, 6.45) is 2.72. The van der Waals surface area contributed by atoms with E-state index in [0.29, 0.717) is 12.2 Å². The van der Waals surface area contributed by atoms with Crippen molar-refractivity contribution in [3.05, 3.63) is 28.7 Å². The molecule has 1 atom stereocenters. The summed E-state index contributed by atoms with van der Waals surface area (Å²) in [6.45, 7) is 8.75. The lowest BCUT2D eigenvalue weighted by atomic mass is 9.87. The van der Waals surface area contributed by atoms with Gasteiger partial charge < -0.3 is 15.6 Å². The molecule has 1 aromatic heterocycles. The number of aryl methyl sites for hydroxylation is 1. The summed E-state index contributed by atoms with van der Waals surface area (Å²) in [5.41, 5.74) is 6.64. The zero-order valence-corrected chi connectivity index (χ0v) is 12.8. The highest BCUT2D eigenvalue weighted by atomic mass is 16.1. The minimum absolute atomic E-state index is 0.0741. The minimum Gasteiger partial charge on any atom is -0.327 e. The fourth-order valence-electron chi connectivity index (χ4n) is 2.16. The van der Waals surface area contributed by atoms with Crippen molar-refractivity contribution < 1.29 is 4.79 Å². The van der Waals surface area contributed by atoms with Crippen LogP contribution in [0.25, 0.3) is 0 Å². The van der Waals surface area contributed by atoms with Gasteiger partial charge in [-0.2, -0.15) is 0 Å². The normalized spacial score (nSPS) is 13.1. The fraction of sp³-hybridized carbons (Fsp3) is 0.600. The molecule has 0 fully saturated rings. The van der Waals surface area contributed by atoms with Gasteiger partial charge in [-0.25, -0.2) is 0 Å². The third-order valence-corrected chi connectivity index (χ3v) is 2.93. The molecule has 0 bridgehead atoms. The summed E-state index contributed by atoms with van der Waals surface area (Å²) in [7, 11) is 0. The summed E-state index contributed by atoms with van der Waals surface area (Å²) in [5.74, 6) is -0.122. The van der Waals surface area contributed by atoms with Crippen molar-refractivity contribution >= 4 is 11.6 Å². The summed E-state index contributed by atoms with van der Waals surface area (Å²) in [4.78, 5) is 23.4. The van der Waals surface area contributed by atoms with Gasteiger partial charge in [-0.1, -0.05) is 20.8 Å². The standard InChI is InChI=1S/C15H25N3O2/c1-5-18-10-12(6-7-14(18)20)17-13(19)8-11(16)9-15(2,3)4/h6-7,10-11H,5,8-9,16H2,1-4H3,(H,17,19). The first-order chi connectivity index (χ1) is 9.21. The largest absolute Gasteiger partial charge is 0.327 e. The molecule has 20 heavy (non-hydrogen) atoms. The van der Waals surface area contributed by atoms with Crippen molar-refractivity contribution in [2.45, 2.75) is 53.1 Å². The molecular formula is C15H25N3O2. The molecule has 0 saturated heterocycles. The monoisotopic (exact) mass is 279 g/mol. The predicted octanol–water partition coefficient (Wildman–Crippen LogP) is 1.96. The van der Waals surface area contributed by atoms with Gasteiger partial charge in [-0.15, -0.1) is 0 Å². The molecule has 1 amide bonds. The van der Waals surface area contributed by atoms with Gasteiger partial charge in [0.05, 0.1) is 5.69 Å². The average Bonchev–Trinajstić information content (AvgIpc) is 2.28. The number of carbonyl (C=O) groups is 1. The van der Waals surface area contributed by atoms with Crippen LogP contribution in [0.3, 0.4) is 0 Å². The number of nitrogens with one attached hydrogen (secondary N) is 1. The fourth-order valence-corrected chi connectivity index (χ4v) is 2.16. The van der Waals surface area contributed by atoms with Gasteiger partial charge in [-0.05, 0) is 24.8 Å². The highest BCUT2D eigenvalue weighted by molar-refractivity contribution is 5.90. The van der Waals surface area contributed by atoms with E-state index in [1.54, 1.807) is 16.8 Å². The van der Waals surface area contributed by atoms with Crippen LogP contribution in [0.5, 0.6) is 0 Å². The summed E-state index contributed by atoms with van der Waals surface area (Å²) < 4.78 is 1.55. The Labute approximate surface area is 120 Å². The Balaban J connectivity index is 2.60. The number of nitrogens with two attached hydrogens (primary N) is 1. The van der Waals surface area contributed by atoms with Crippen LogP contribution in [-0.2, 0) is 11.3 Å². The van der Waals surface area contributed by atoms with E-state index in [1.807, 2.05) is 6.92 Å². The van der Waals surface area contributed by atoms with E-state index < -0.39 is 0 Å². The molecule has 0 spiro atoms. The lowest BCUT2D eigenvalue weighted by Crippen LogP contribution is -2.31. The zero-order valence-electron chi connectivity index (χ0n) is 12.8. The molecule has 1 unspecified atom stereocenters. The number of anilines is 1. The minimum atomic E-state index is -0.160. The number of amides is 1. The zero-order chi connectivity index (χ0) is 15.3.